The van der Waals surface area contributed by atoms with Crippen molar-refractivity contribution in [3.63, 3.8) is 0 Å². The summed E-state index contributed by atoms with van der Waals surface area (Å²) in [6.07, 6.45) is 11.9. The molecule has 4 rings (SSSR count). The van der Waals surface area contributed by atoms with Crippen molar-refractivity contribution in [1.82, 2.24) is 9.38 Å². The number of pyridine rings is 1. The van der Waals surface area contributed by atoms with E-state index >= 15 is 0 Å². The van der Waals surface area contributed by atoms with Crippen LogP contribution in [0.1, 0.15) is 71.6 Å². The van der Waals surface area contributed by atoms with E-state index in [0.29, 0.717) is 11.8 Å². The highest BCUT2D eigenvalue weighted by molar-refractivity contribution is 9.10. The van der Waals surface area contributed by atoms with Gasteiger partial charge in [-0.3, -0.25) is 9.20 Å². The van der Waals surface area contributed by atoms with E-state index < -0.39 is 0 Å². The summed E-state index contributed by atoms with van der Waals surface area (Å²) in [7, 11) is 0. The lowest BCUT2D eigenvalue weighted by atomic mass is 9.95. The highest BCUT2D eigenvalue weighted by Crippen LogP contribution is 2.37. The van der Waals surface area contributed by atoms with Crippen LogP contribution in [0, 0.1) is 5.92 Å². The number of para-hydroxylation sites is 1. The van der Waals surface area contributed by atoms with Crippen molar-refractivity contribution in [1.29, 1.82) is 0 Å². The van der Waals surface area contributed by atoms with Crippen LogP contribution in [0.25, 0.3) is 16.9 Å². The minimum atomic E-state index is -0.147. The van der Waals surface area contributed by atoms with Crippen LogP contribution in [0.4, 0.5) is 5.82 Å². The highest BCUT2D eigenvalue weighted by atomic mass is 79.9. The number of anilines is 1. The van der Waals surface area contributed by atoms with E-state index in [0.717, 1.165) is 65.7 Å². The Hall–Kier alpha value is -2.34. The fourth-order valence-corrected chi connectivity index (χ4v) is 5.00. The van der Waals surface area contributed by atoms with Crippen molar-refractivity contribution in [3.05, 3.63) is 47.1 Å². The van der Waals surface area contributed by atoms with E-state index in [1.807, 2.05) is 42.6 Å². The summed E-state index contributed by atoms with van der Waals surface area (Å²) in [5.41, 5.74) is 2.53. The van der Waals surface area contributed by atoms with Gasteiger partial charge in [0.25, 0.3) is 0 Å². The smallest absolute Gasteiger partial charge is 0.314 e. The van der Waals surface area contributed by atoms with E-state index in [9.17, 15) is 4.79 Å². The van der Waals surface area contributed by atoms with Gasteiger partial charge in [-0.2, -0.15) is 0 Å². The molecular formula is C27H34BrN3O2. The second-order valence-corrected chi connectivity index (χ2v) is 9.94. The summed E-state index contributed by atoms with van der Waals surface area (Å²) >= 11 is 3.60. The molecule has 3 aromatic rings. The fourth-order valence-electron chi connectivity index (χ4n) is 4.67. The number of nitrogens with zero attached hydrogens (tertiary/aromatic N) is 2. The van der Waals surface area contributed by atoms with E-state index in [2.05, 4.69) is 39.5 Å². The first-order valence-corrected chi connectivity index (χ1v) is 13.1. The average molecular weight is 512 g/mol. The van der Waals surface area contributed by atoms with Crippen LogP contribution in [-0.4, -0.2) is 21.4 Å². The zero-order chi connectivity index (χ0) is 23.2. The van der Waals surface area contributed by atoms with Gasteiger partial charge in [0.1, 0.15) is 22.9 Å². The Labute approximate surface area is 205 Å². The van der Waals surface area contributed by atoms with Gasteiger partial charge in [-0.1, -0.05) is 58.1 Å². The number of benzene rings is 1. The van der Waals surface area contributed by atoms with Gasteiger partial charge in [0, 0.05) is 22.3 Å². The van der Waals surface area contributed by atoms with Crippen molar-refractivity contribution in [2.45, 2.75) is 77.7 Å². The highest BCUT2D eigenvalue weighted by Gasteiger charge is 2.24. The fraction of sp³-hybridized carbons (Fsp3) is 0.481. The molecule has 0 radical (unpaired) electrons. The molecule has 2 heterocycles. The normalized spacial score (nSPS) is 15.5. The third-order valence-electron chi connectivity index (χ3n) is 6.61. The zero-order valence-corrected chi connectivity index (χ0v) is 21.2. The standard InChI is InChI=1S/C27H34BrN3O2/c1-3-5-11-19(4-2)27(32)33-23-15-10-9-14-22(23)25-26(29-21-12-7-6-8-13-21)31-18-20(28)16-17-24(31)30-25/h9-10,14-19,21,29H,3-8,11-13H2,1-2H3. The monoisotopic (exact) mass is 511 g/mol. The Morgan fingerprint density at radius 1 is 1.18 bits per heavy atom. The largest absolute Gasteiger partial charge is 0.426 e. The minimum absolute atomic E-state index is 0.0742. The van der Waals surface area contributed by atoms with E-state index in [1.165, 1.54) is 19.3 Å². The first-order chi connectivity index (χ1) is 16.1. The quantitative estimate of drug-likeness (QED) is 0.237. The van der Waals surface area contributed by atoms with Crippen LogP contribution in [0.5, 0.6) is 5.75 Å². The molecule has 0 spiro atoms. The second-order valence-electron chi connectivity index (χ2n) is 9.03. The predicted molar refractivity (Wildman–Crippen MR) is 138 cm³/mol. The molecule has 5 nitrogen and oxygen atoms in total. The number of hydrogen-bond acceptors (Lipinski definition) is 4. The van der Waals surface area contributed by atoms with Crippen LogP contribution >= 0.6 is 15.9 Å². The number of carbonyl (C=O) groups is 1. The molecular weight excluding hydrogens is 478 g/mol. The molecule has 0 aliphatic heterocycles. The number of unbranched alkanes of at least 4 members (excludes halogenated alkanes) is 1. The summed E-state index contributed by atoms with van der Waals surface area (Å²) in [5.74, 6) is 1.31. The maximum Gasteiger partial charge on any atom is 0.314 e. The van der Waals surface area contributed by atoms with Crippen LogP contribution in [0.3, 0.4) is 0 Å². The lowest BCUT2D eigenvalue weighted by molar-refractivity contribution is -0.139. The van der Waals surface area contributed by atoms with Gasteiger partial charge in [-0.05, 0) is 65.9 Å². The van der Waals surface area contributed by atoms with Crippen molar-refractivity contribution >= 4 is 33.4 Å². The number of esters is 1. The van der Waals surface area contributed by atoms with Crippen LogP contribution in [0.2, 0.25) is 0 Å². The Balaban J connectivity index is 1.71. The van der Waals surface area contributed by atoms with E-state index in [1.54, 1.807) is 0 Å². The number of carbonyl (C=O) groups excluding carboxylic acids is 1. The Morgan fingerprint density at radius 2 is 1.97 bits per heavy atom. The van der Waals surface area contributed by atoms with Gasteiger partial charge in [-0.15, -0.1) is 0 Å². The van der Waals surface area contributed by atoms with Crippen molar-refractivity contribution < 1.29 is 9.53 Å². The predicted octanol–water partition coefficient (Wildman–Crippen LogP) is 7.63. The van der Waals surface area contributed by atoms with E-state index in [-0.39, 0.29) is 11.9 Å². The van der Waals surface area contributed by atoms with Crippen LogP contribution in [0.15, 0.2) is 47.1 Å². The number of imidazole rings is 1. The summed E-state index contributed by atoms with van der Waals surface area (Å²) in [6, 6.07) is 12.2. The number of rotatable bonds is 9. The molecule has 1 saturated carbocycles. The molecule has 0 saturated heterocycles. The van der Waals surface area contributed by atoms with Crippen molar-refractivity contribution in [3.8, 4) is 17.0 Å². The zero-order valence-electron chi connectivity index (χ0n) is 19.6. The van der Waals surface area contributed by atoms with Crippen LogP contribution < -0.4 is 10.1 Å². The lowest BCUT2D eigenvalue weighted by Crippen LogP contribution is -2.23. The van der Waals surface area contributed by atoms with Gasteiger partial charge in [-0.25, -0.2) is 4.98 Å². The maximum atomic E-state index is 13.0. The molecule has 0 bridgehead atoms. The molecule has 2 aromatic heterocycles. The lowest BCUT2D eigenvalue weighted by Gasteiger charge is -2.24. The minimum Gasteiger partial charge on any atom is -0.426 e. The van der Waals surface area contributed by atoms with Crippen LogP contribution in [-0.2, 0) is 4.79 Å². The summed E-state index contributed by atoms with van der Waals surface area (Å²) in [4.78, 5) is 17.9. The number of halogens is 1. The van der Waals surface area contributed by atoms with Crippen molar-refractivity contribution in [2.24, 2.45) is 5.92 Å². The maximum absolute atomic E-state index is 13.0. The van der Waals surface area contributed by atoms with Gasteiger partial charge in [0.05, 0.1) is 5.92 Å². The summed E-state index contributed by atoms with van der Waals surface area (Å²) in [5, 5.41) is 3.78. The summed E-state index contributed by atoms with van der Waals surface area (Å²) < 4.78 is 9.08. The van der Waals surface area contributed by atoms with Gasteiger partial charge < -0.3 is 10.1 Å². The number of aromatic nitrogens is 2. The molecule has 1 aromatic carbocycles. The molecule has 0 amide bonds. The Kier molecular flexibility index (Phi) is 8.07. The number of ether oxygens (including phenoxy) is 1. The average Bonchev–Trinajstić information content (AvgIpc) is 3.18. The third-order valence-corrected chi connectivity index (χ3v) is 7.08. The Bertz CT molecular complexity index is 1090. The van der Waals surface area contributed by atoms with Gasteiger partial charge in [0.15, 0.2) is 0 Å². The third kappa shape index (κ3) is 5.60. The second kappa shape index (κ2) is 11.2. The first-order valence-electron chi connectivity index (χ1n) is 12.4. The number of nitrogens with one attached hydrogen (secondary N) is 1. The Morgan fingerprint density at radius 3 is 2.73 bits per heavy atom. The SMILES string of the molecule is CCCCC(CC)C(=O)Oc1ccccc1-c1nc2ccc(Br)cn2c1NC1CCCCC1. The van der Waals surface area contributed by atoms with E-state index in [4.69, 9.17) is 9.72 Å². The van der Waals surface area contributed by atoms with Gasteiger partial charge in [0.2, 0.25) is 0 Å². The van der Waals surface area contributed by atoms with Gasteiger partial charge >= 0.3 is 5.97 Å². The molecule has 1 aliphatic carbocycles. The molecule has 1 N–H and O–H groups in total. The summed E-state index contributed by atoms with van der Waals surface area (Å²) in [6.45, 7) is 4.20. The number of fused-ring (bicyclic) bond motifs is 1. The van der Waals surface area contributed by atoms with Crippen molar-refractivity contribution in [2.75, 3.05) is 5.32 Å². The molecule has 6 heteroatoms. The molecule has 1 atom stereocenters. The topological polar surface area (TPSA) is 55.6 Å². The molecule has 33 heavy (non-hydrogen) atoms. The number of hydrogen-bond donors (Lipinski definition) is 1. The first kappa shape index (κ1) is 23.8. The molecule has 1 unspecified atom stereocenters. The molecule has 1 aliphatic rings. The molecule has 176 valence electrons. The molecule has 1 fully saturated rings.